The summed E-state index contributed by atoms with van der Waals surface area (Å²) in [4.78, 5) is 25.9. The van der Waals surface area contributed by atoms with Crippen LogP contribution in [0.5, 0.6) is 0 Å². The van der Waals surface area contributed by atoms with Crippen molar-refractivity contribution in [3.8, 4) is 0 Å². The SMILES string of the molecule is O=C([C@@H]1CC[C@@H]2CN1C(=O)N2OS(=O)(=O)[O-])N(O)C[C@H]1CCCCN1.[Na+]. The van der Waals surface area contributed by atoms with Crippen LogP contribution in [0.25, 0.3) is 0 Å². The first-order valence-corrected chi connectivity index (χ1v) is 9.58. The Bertz CT molecular complexity index is 642. The molecule has 0 aromatic rings. The molecule has 3 amide bonds. The first-order valence-electron chi connectivity index (χ1n) is 8.25. The number of hydroxylamine groups is 4. The van der Waals surface area contributed by atoms with Crippen molar-refractivity contribution in [2.24, 2.45) is 0 Å². The van der Waals surface area contributed by atoms with Crippen molar-refractivity contribution >= 4 is 22.3 Å². The van der Waals surface area contributed by atoms with Crippen LogP contribution in [0.4, 0.5) is 4.79 Å². The van der Waals surface area contributed by atoms with Crippen molar-refractivity contribution < 1.29 is 61.6 Å². The third-order valence-corrected chi connectivity index (χ3v) is 5.18. The van der Waals surface area contributed by atoms with Crippen LogP contribution in [0.15, 0.2) is 0 Å². The van der Waals surface area contributed by atoms with Crippen molar-refractivity contribution in [3.63, 3.8) is 0 Å². The summed E-state index contributed by atoms with van der Waals surface area (Å²) in [5.41, 5.74) is 0. The molecule has 0 aromatic heterocycles. The molecule has 0 saturated carbocycles. The Morgan fingerprint density at radius 1 is 1.35 bits per heavy atom. The molecule has 26 heavy (non-hydrogen) atoms. The fraction of sp³-hybridized carbons (Fsp3) is 0.846. The molecule has 0 radical (unpaired) electrons. The zero-order valence-electron chi connectivity index (χ0n) is 14.5. The van der Waals surface area contributed by atoms with Crippen LogP contribution in [-0.4, -0.2) is 82.9 Å². The van der Waals surface area contributed by atoms with Gasteiger partial charge in [0.15, 0.2) is 0 Å². The van der Waals surface area contributed by atoms with Crippen molar-refractivity contribution in [3.05, 3.63) is 0 Å². The minimum atomic E-state index is -5.08. The second-order valence-corrected chi connectivity index (χ2v) is 7.52. The molecule has 11 nitrogen and oxygen atoms in total. The van der Waals surface area contributed by atoms with E-state index in [0.717, 1.165) is 30.7 Å². The molecule has 3 rings (SSSR count). The zero-order chi connectivity index (χ0) is 18.2. The van der Waals surface area contributed by atoms with E-state index in [9.17, 15) is 27.8 Å². The Hall–Kier alpha value is -0.470. The summed E-state index contributed by atoms with van der Waals surface area (Å²) in [7, 11) is -5.08. The summed E-state index contributed by atoms with van der Waals surface area (Å²) < 4.78 is 36.5. The molecule has 3 heterocycles. The van der Waals surface area contributed by atoms with Crippen LogP contribution in [-0.2, 0) is 19.5 Å². The molecule has 2 N–H and O–H groups in total. The predicted octanol–water partition coefficient (Wildman–Crippen LogP) is -3.99. The number of fused-ring (bicyclic) bond motifs is 2. The summed E-state index contributed by atoms with van der Waals surface area (Å²) in [6, 6.07) is -2.36. The largest absolute Gasteiger partial charge is 1.00 e. The Labute approximate surface area is 173 Å². The van der Waals surface area contributed by atoms with E-state index in [1.54, 1.807) is 0 Å². The molecule has 0 aromatic carbocycles. The third kappa shape index (κ3) is 4.87. The number of nitrogens with zero attached hydrogens (tertiary/aromatic N) is 3. The van der Waals surface area contributed by atoms with Gasteiger partial charge in [0.1, 0.15) is 6.04 Å². The Kier molecular flexibility index (Phi) is 7.30. The van der Waals surface area contributed by atoms with E-state index in [1.165, 1.54) is 0 Å². The van der Waals surface area contributed by atoms with Crippen molar-refractivity contribution in [2.75, 3.05) is 19.6 Å². The maximum absolute atomic E-state index is 12.5. The van der Waals surface area contributed by atoms with Gasteiger partial charge in [-0.2, -0.15) is 9.35 Å². The van der Waals surface area contributed by atoms with E-state index in [4.69, 9.17) is 0 Å². The molecule has 142 valence electrons. The molecule has 13 heteroatoms. The molecule has 3 fully saturated rings. The summed E-state index contributed by atoms with van der Waals surface area (Å²) in [6.45, 7) is 1.02. The zero-order valence-corrected chi connectivity index (χ0v) is 17.4. The van der Waals surface area contributed by atoms with Crippen LogP contribution in [0, 0.1) is 0 Å². The van der Waals surface area contributed by atoms with Gasteiger partial charge in [0.25, 0.3) is 5.91 Å². The number of piperidine rings is 2. The molecular formula is C13H21N4NaO7S. The van der Waals surface area contributed by atoms with Crippen LogP contribution in [0.2, 0.25) is 0 Å². The maximum atomic E-state index is 12.5. The average molecular weight is 400 g/mol. The number of urea groups is 1. The fourth-order valence-corrected chi connectivity index (χ4v) is 4.02. The minimum Gasteiger partial charge on any atom is -0.724 e. The van der Waals surface area contributed by atoms with Crippen LogP contribution in [0.3, 0.4) is 0 Å². The fourth-order valence-electron chi connectivity index (χ4n) is 3.64. The van der Waals surface area contributed by atoms with Crippen molar-refractivity contribution in [1.82, 2.24) is 20.3 Å². The monoisotopic (exact) mass is 400 g/mol. The normalized spacial score (nSPS) is 28.7. The Balaban J connectivity index is 0.00000243. The summed E-state index contributed by atoms with van der Waals surface area (Å²) >= 11 is 0. The Morgan fingerprint density at radius 2 is 2.08 bits per heavy atom. The number of rotatable bonds is 5. The van der Waals surface area contributed by atoms with Crippen molar-refractivity contribution in [1.29, 1.82) is 0 Å². The van der Waals surface area contributed by atoms with E-state index >= 15 is 0 Å². The van der Waals surface area contributed by atoms with Gasteiger partial charge in [0.05, 0.1) is 12.6 Å². The van der Waals surface area contributed by atoms with Gasteiger partial charge < -0.3 is 14.8 Å². The van der Waals surface area contributed by atoms with E-state index in [0.29, 0.717) is 16.5 Å². The molecule has 3 aliphatic heterocycles. The number of hydrogen-bond acceptors (Lipinski definition) is 8. The predicted molar refractivity (Wildman–Crippen MR) is 80.7 cm³/mol. The second-order valence-electron chi connectivity index (χ2n) is 6.56. The second kappa shape index (κ2) is 8.69. The average Bonchev–Trinajstić information content (AvgIpc) is 2.79. The van der Waals surface area contributed by atoms with Gasteiger partial charge in [-0.05, 0) is 32.2 Å². The molecule has 2 bridgehead atoms. The molecule has 3 aliphatic rings. The first kappa shape index (κ1) is 21.8. The van der Waals surface area contributed by atoms with Crippen LogP contribution in [0.1, 0.15) is 32.1 Å². The molecular weight excluding hydrogens is 379 g/mol. The van der Waals surface area contributed by atoms with Gasteiger partial charge in [-0.1, -0.05) is 6.42 Å². The maximum Gasteiger partial charge on any atom is 1.00 e. The topological polar surface area (TPSA) is 143 Å². The summed E-state index contributed by atoms with van der Waals surface area (Å²) in [5, 5.41) is 14.5. The van der Waals surface area contributed by atoms with Crippen LogP contribution >= 0.6 is 0 Å². The van der Waals surface area contributed by atoms with E-state index in [1.807, 2.05) is 0 Å². The molecule has 3 saturated heterocycles. The smallest absolute Gasteiger partial charge is 0.724 e. The Morgan fingerprint density at radius 3 is 2.69 bits per heavy atom. The number of amides is 3. The molecule has 0 spiro atoms. The molecule has 0 unspecified atom stereocenters. The third-order valence-electron chi connectivity index (χ3n) is 4.84. The summed E-state index contributed by atoms with van der Waals surface area (Å²) in [6.07, 6.45) is 3.47. The molecule has 3 atom stereocenters. The van der Waals surface area contributed by atoms with Crippen molar-refractivity contribution in [2.45, 2.75) is 50.2 Å². The number of carbonyl (C=O) groups is 2. The number of nitrogens with one attached hydrogen (secondary N) is 1. The van der Waals surface area contributed by atoms with E-state index in [2.05, 4.69) is 9.60 Å². The van der Waals surface area contributed by atoms with E-state index in [-0.39, 0.29) is 55.1 Å². The molecule has 0 aliphatic carbocycles. The van der Waals surface area contributed by atoms with Gasteiger partial charge in [-0.3, -0.25) is 10.0 Å². The number of hydrogen-bond donors (Lipinski definition) is 2. The van der Waals surface area contributed by atoms with Gasteiger partial charge in [0.2, 0.25) is 10.4 Å². The summed E-state index contributed by atoms with van der Waals surface area (Å²) in [5.74, 6) is -0.619. The van der Waals surface area contributed by atoms with Gasteiger partial charge in [0, 0.05) is 12.6 Å². The van der Waals surface area contributed by atoms with Gasteiger partial charge in [-0.15, -0.1) is 0 Å². The van der Waals surface area contributed by atoms with Gasteiger partial charge >= 0.3 is 35.6 Å². The standard InChI is InChI=1S/C13H22N4O7S.Na/c18-12(16(20)7-9-3-1-2-6-14-9)11-5-4-10-8-15(11)13(19)17(10)24-25(21,22)23;/h9-11,14,20H,1-8H2,(H,21,22,23);/q;+1/p-1/t9-,10-,11+;/m1./s1. The minimum absolute atomic E-state index is 0. The number of carbonyl (C=O) groups excluding carboxylic acids is 2. The van der Waals surface area contributed by atoms with Gasteiger partial charge in [-0.25, -0.2) is 18.3 Å². The quantitative estimate of drug-likeness (QED) is 0.156. The first-order chi connectivity index (χ1) is 11.8. The van der Waals surface area contributed by atoms with E-state index < -0.39 is 34.4 Å². The van der Waals surface area contributed by atoms with Crippen LogP contribution < -0.4 is 34.9 Å².